The van der Waals surface area contributed by atoms with E-state index in [0.29, 0.717) is 5.56 Å². The maximum absolute atomic E-state index is 10.9. The topological polar surface area (TPSA) is 22.0 Å². The van der Waals surface area contributed by atoms with E-state index in [1.807, 2.05) is 24.3 Å². The number of nitrogens with zero attached hydrogens (tertiary/aromatic N) is 1. The molecule has 0 amide bonds. The molecule has 0 spiro atoms. The quantitative estimate of drug-likeness (QED) is 0.241. The molecular weight excluding hydrogens is 512 g/mol. The Kier molecular flexibility index (Phi) is 3.88. The second kappa shape index (κ2) is 5.90. The number of halogens is 2. The molecule has 0 aliphatic rings. The van der Waals surface area contributed by atoms with Crippen LogP contribution in [-0.2, 0) is 0 Å². The van der Waals surface area contributed by atoms with Gasteiger partial charge in [-0.3, -0.25) is 4.79 Å². The van der Waals surface area contributed by atoms with E-state index in [4.69, 9.17) is 0 Å². The van der Waals surface area contributed by atoms with E-state index in [0.717, 1.165) is 12.0 Å². The third-order valence-electron chi connectivity index (χ3n) is 3.98. The van der Waals surface area contributed by atoms with Crippen LogP contribution in [0.25, 0.3) is 27.5 Å². The molecule has 0 N–H and O–H groups in total. The van der Waals surface area contributed by atoms with Crippen molar-refractivity contribution in [1.29, 1.82) is 0 Å². The minimum atomic E-state index is 0.693. The standard InChI is InChI=1S/C19H11I2NO/c20-13-3-7-18-16(9-13)17-10-14(21)4-8-19(17)22(18)15-5-1-12(11-23)2-6-15/h1-11H. The highest BCUT2D eigenvalue weighted by Gasteiger charge is 2.12. The maximum atomic E-state index is 10.9. The summed E-state index contributed by atoms with van der Waals surface area (Å²) in [4.78, 5) is 10.9. The third kappa shape index (κ3) is 2.57. The summed E-state index contributed by atoms with van der Waals surface area (Å²) in [7, 11) is 0. The second-order valence-corrected chi connectivity index (χ2v) is 7.86. The van der Waals surface area contributed by atoms with Crippen LogP contribution in [0.5, 0.6) is 0 Å². The lowest BCUT2D eigenvalue weighted by atomic mass is 10.2. The smallest absolute Gasteiger partial charge is 0.150 e. The molecular formula is C19H11I2NO. The first-order valence-corrected chi connectivity index (χ1v) is 9.28. The van der Waals surface area contributed by atoms with Crippen LogP contribution in [-0.4, -0.2) is 10.9 Å². The van der Waals surface area contributed by atoms with Crippen molar-refractivity contribution in [2.75, 3.05) is 0 Å². The highest BCUT2D eigenvalue weighted by Crippen LogP contribution is 2.33. The van der Waals surface area contributed by atoms with Crippen LogP contribution in [0.15, 0.2) is 60.7 Å². The van der Waals surface area contributed by atoms with E-state index in [1.54, 1.807) is 0 Å². The number of rotatable bonds is 2. The fourth-order valence-electron chi connectivity index (χ4n) is 2.95. The summed E-state index contributed by atoms with van der Waals surface area (Å²) in [5, 5.41) is 2.51. The normalized spacial score (nSPS) is 11.2. The van der Waals surface area contributed by atoms with Crippen LogP contribution in [0.2, 0.25) is 0 Å². The molecule has 0 fully saturated rings. The average molecular weight is 523 g/mol. The van der Waals surface area contributed by atoms with Gasteiger partial charge in [0.15, 0.2) is 0 Å². The summed E-state index contributed by atoms with van der Waals surface area (Å²) >= 11 is 4.71. The molecule has 0 bridgehead atoms. The molecule has 4 aromatic rings. The average Bonchev–Trinajstić information content (AvgIpc) is 2.88. The van der Waals surface area contributed by atoms with Gasteiger partial charge in [0.2, 0.25) is 0 Å². The first-order chi connectivity index (χ1) is 11.2. The minimum Gasteiger partial charge on any atom is -0.309 e. The van der Waals surface area contributed by atoms with Crippen molar-refractivity contribution in [1.82, 2.24) is 4.57 Å². The van der Waals surface area contributed by atoms with Gasteiger partial charge in [0.1, 0.15) is 6.29 Å². The molecule has 0 unspecified atom stereocenters. The Balaban J connectivity index is 2.12. The highest BCUT2D eigenvalue weighted by molar-refractivity contribution is 14.1. The summed E-state index contributed by atoms with van der Waals surface area (Å²) in [6.07, 6.45) is 0.875. The Bertz CT molecular complexity index is 989. The van der Waals surface area contributed by atoms with E-state index in [2.05, 4.69) is 86.1 Å². The molecule has 1 heterocycles. The summed E-state index contributed by atoms with van der Waals surface area (Å²) < 4.78 is 4.71. The van der Waals surface area contributed by atoms with Gasteiger partial charge in [-0.2, -0.15) is 0 Å². The van der Waals surface area contributed by atoms with Crippen molar-refractivity contribution >= 4 is 73.3 Å². The maximum Gasteiger partial charge on any atom is 0.150 e. The van der Waals surface area contributed by atoms with Crippen molar-refractivity contribution in [3.63, 3.8) is 0 Å². The predicted octanol–water partition coefficient (Wildman–Crippen LogP) is 5.81. The van der Waals surface area contributed by atoms with Crippen LogP contribution in [0.1, 0.15) is 10.4 Å². The Hall–Kier alpha value is -1.41. The van der Waals surface area contributed by atoms with Gasteiger partial charge in [0, 0.05) is 29.2 Å². The van der Waals surface area contributed by atoms with E-state index < -0.39 is 0 Å². The summed E-state index contributed by atoms with van der Waals surface area (Å²) in [5.74, 6) is 0. The number of fused-ring (bicyclic) bond motifs is 3. The molecule has 4 rings (SSSR count). The molecule has 3 aromatic carbocycles. The number of carbonyl (C=O) groups excluding carboxylic acids is 1. The Morgan fingerprint density at radius 3 is 1.74 bits per heavy atom. The van der Waals surface area contributed by atoms with E-state index in [-0.39, 0.29) is 0 Å². The fraction of sp³-hybridized carbons (Fsp3) is 0. The zero-order valence-electron chi connectivity index (χ0n) is 12.0. The Morgan fingerprint density at radius 1 is 0.739 bits per heavy atom. The molecule has 1 aromatic heterocycles. The van der Waals surface area contributed by atoms with Crippen molar-refractivity contribution < 1.29 is 4.79 Å². The molecule has 4 heteroatoms. The lowest BCUT2D eigenvalue weighted by Crippen LogP contribution is -1.94. The van der Waals surface area contributed by atoms with Gasteiger partial charge < -0.3 is 4.57 Å². The van der Waals surface area contributed by atoms with Gasteiger partial charge >= 0.3 is 0 Å². The van der Waals surface area contributed by atoms with Gasteiger partial charge in [0.05, 0.1) is 11.0 Å². The van der Waals surface area contributed by atoms with Crippen LogP contribution in [0.4, 0.5) is 0 Å². The number of aldehydes is 1. The third-order valence-corrected chi connectivity index (χ3v) is 5.32. The second-order valence-electron chi connectivity index (χ2n) is 5.37. The van der Waals surface area contributed by atoms with Crippen LogP contribution < -0.4 is 0 Å². The molecule has 23 heavy (non-hydrogen) atoms. The molecule has 2 nitrogen and oxygen atoms in total. The number of hydrogen-bond donors (Lipinski definition) is 0. The van der Waals surface area contributed by atoms with Crippen molar-refractivity contribution in [3.05, 3.63) is 73.4 Å². The van der Waals surface area contributed by atoms with E-state index in [9.17, 15) is 4.79 Å². The van der Waals surface area contributed by atoms with Crippen molar-refractivity contribution in [3.8, 4) is 5.69 Å². The highest BCUT2D eigenvalue weighted by atomic mass is 127. The van der Waals surface area contributed by atoms with Crippen LogP contribution in [0.3, 0.4) is 0 Å². The van der Waals surface area contributed by atoms with Crippen LogP contribution >= 0.6 is 45.2 Å². The first-order valence-electron chi connectivity index (χ1n) is 7.12. The summed E-state index contributed by atoms with van der Waals surface area (Å²) in [6, 6.07) is 20.8. The monoisotopic (exact) mass is 523 g/mol. The number of hydrogen-bond acceptors (Lipinski definition) is 1. The van der Waals surface area contributed by atoms with Crippen LogP contribution in [0, 0.1) is 7.14 Å². The van der Waals surface area contributed by atoms with Gasteiger partial charge in [-0.1, -0.05) is 0 Å². The minimum absolute atomic E-state index is 0.693. The molecule has 0 aliphatic carbocycles. The van der Waals surface area contributed by atoms with Gasteiger partial charge in [-0.25, -0.2) is 0 Å². The molecule has 0 radical (unpaired) electrons. The number of aromatic nitrogens is 1. The molecule has 0 saturated heterocycles. The lowest BCUT2D eigenvalue weighted by Gasteiger charge is -2.08. The zero-order chi connectivity index (χ0) is 16.0. The van der Waals surface area contributed by atoms with E-state index >= 15 is 0 Å². The van der Waals surface area contributed by atoms with Crippen molar-refractivity contribution in [2.24, 2.45) is 0 Å². The molecule has 0 atom stereocenters. The lowest BCUT2D eigenvalue weighted by molar-refractivity contribution is 0.112. The largest absolute Gasteiger partial charge is 0.309 e. The molecule has 112 valence electrons. The Labute approximate surface area is 160 Å². The predicted molar refractivity (Wildman–Crippen MR) is 112 cm³/mol. The number of benzene rings is 3. The van der Waals surface area contributed by atoms with E-state index in [1.165, 1.54) is 28.9 Å². The first kappa shape index (κ1) is 15.1. The zero-order valence-corrected chi connectivity index (χ0v) is 16.3. The fourth-order valence-corrected chi connectivity index (χ4v) is 3.93. The summed E-state index contributed by atoms with van der Waals surface area (Å²) in [5.41, 5.74) is 4.12. The Morgan fingerprint density at radius 2 is 1.26 bits per heavy atom. The van der Waals surface area contributed by atoms with Gasteiger partial charge in [0.25, 0.3) is 0 Å². The SMILES string of the molecule is O=Cc1ccc(-n2c3ccc(I)cc3c3cc(I)ccc32)cc1. The number of carbonyl (C=O) groups is 1. The van der Waals surface area contributed by atoms with Gasteiger partial charge in [-0.05, 0) is 106 Å². The molecule has 0 saturated carbocycles. The van der Waals surface area contributed by atoms with Crippen molar-refractivity contribution in [2.45, 2.75) is 0 Å². The summed E-state index contributed by atoms with van der Waals surface area (Å²) in [6.45, 7) is 0. The molecule has 0 aliphatic heterocycles. The van der Waals surface area contributed by atoms with Gasteiger partial charge in [-0.15, -0.1) is 0 Å².